The monoisotopic (exact) mass is 574 g/mol. The van der Waals surface area contributed by atoms with Crippen LogP contribution in [-0.2, 0) is 0 Å². The van der Waals surface area contributed by atoms with E-state index in [-0.39, 0.29) is 6.61 Å². The molecule has 0 fully saturated rings. The number of anilines is 1. The van der Waals surface area contributed by atoms with Gasteiger partial charge < -0.3 is 25.0 Å². The number of nitrogens with zero attached hydrogens (tertiary/aromatic N) is 5. The van der Waals surface area contributed by atoms with Crippen LogP contribution in [0.2, 0.25) is 5.02 Å². The number of aliphatic hydroxyl groups is 1. The number of halogens is 3. The van der Waals surface area contributed by atoms with Crippen LogP contribution in [0.1, 0.15) is 36.8 Å². The van der Waals surface area contributed by atoms with Gasteiger partial charge in [0.15, 0.2) is 5.82 Å². The summed E-state index contributed by atoms with van der Waals surface area (Å²) in [5.41, 5.74) is 10.8. The summed E-state index contributed by atoms with van der Waals surface area (Å²) in [6.45, 7) is 7.77. The van der Waals surface area contributed by atoms with Crippen LogP contribution in [0.25, 0.3) is 22.6 Å². The normalized spacial score (nSPS) is 14.7. The van der Waals surface area contributed by atoms with Gasteiger partial charge in [0, 0.05) is 35.2 Å². The Morgan fingerprint density at radius 1 is 1.25 bits per heavy atom. The highest BCUT2D eigenvalue weighted by molar-refractivity contribution is 6.33. The topological polar surface area (TPSA) is 123 Å². The van der Waals surface area contributed by atoms with E-state index in [1.54, 1.807) is 18.2 Å². The van der Waals surface area contributed by atoms with Crippen LogP contribution < -0.4 is 15.4 Å². The number of benzene rings is 1. The molecule has 0 saturated heterocycles. The first-order valence-electron chi connectivity index (χ1n) is 13.0. The maximum Gasteiger partial charge on any atom is 0.257 e. The largest absolute Gasteiger partial charge is 0.491 e. The van der Waals surface area contributed by atoms with Crippen LogP contribution in [-0.4, -0.2) is 65.2 Å². The van der Waals surface area contributed by atoms with Gasteiger partial charge in [-0.2, -0.15) is 0 Å². The van der Waals surface area contributed by atoms with E-state index >= 15 is 0 Å². The Hall–Kier alpha value is -3.57. The van der Waals surface area contributed by atoms with Crippen molar-refractivity contribution in [3.8, 4) is 28.4 Å². The first-order chi connectivity index (χ1) is 19.1. The number of alkyl halides is 2. The van der Waals surface area contributed by atoms with E-state index in [2.05, 4.69) is 10.1 Å². The van der Waals surface area contributed by atoms with Gasteiger partial charge in [-0.3, -0.25) is 4.99 Å². The van der Waals surface area contributed by atoms with Crippen LogP contribution >= 0.6 is 11.6 Å². The minimum Gasteiger partial charge on any atom is -0.491 e. The molecule has 0 amide bonds. The van der Waals surface area contributed by atoms with Crippen LogP contribution in [0.15, 0.2) is 39.0 Å². The first-order valence-corrected chi connectivity index (χ1v) is 13.4. The van der Waals surface area contributed by atoms with E-state index in [4.69, 9.17) is 36.6 Å². The van der Waals surface area contributed by atoms with Crippen molar-refractivity contribution in [3.05, 3.63) is 51.5 Å². The maximum atomic E-state index is 12.6. The molecule has 3 N–H and O–H groups in total. The summed E-state index contributed by atoms with van der Waals surface area (Å²) in [5.74, 6) is 2.06. The van der Waals surface area contributed by atoms with Gasteiger partial charge in [0.05, 0.1) is 41.2 Å². The standard InChI is InChI=1S/C28H33ClF2N6O3/c1-5-6-19(38)14-39-20-7-8-22(29)21(9-20)27-34-26(25-16(3)36-40-17(25)4)15(2)28(35-27)37-12-18(23(32)13-37)10-33-11-24(30)31/h7-10,19,24,38H,5-6,11-14,32H2,1-4H3/t19-/m1/s1. The molecule has 1 aliphatic heterocycles. The van der Waals surface area contributed by atoms with Crippen molar-refractivity contribution < 1.29 is 23.1 Å². The molecule has 9 nitrogen and oxygen atoms in total. The molecule has 3 aromatic rings. The summed E-state index contributed by atoms with van der Waals surface area (Å²) in [6.07, 6.45) is -0.230. The van der Waals surface area contributed by atoms with E-state index < -0.39 is 19.1 Å². The Bertz CT molecular complexity index is 1410. The fraction of sp³-hybridized carbons (Fsp3) is 0.429. The number of aromatic nitrogens is 3. The molecule has 1 atom stereocenters. The summed E-state index contributed by atoms with van der Waals surface area (Å²) < 4.78 is 36.5. The number of rotatable bonds is 11. The van der Waals surface area contributed by atoms with E-state index in [0.717, 1.165) is 17.5 Å². The molecule has 1 aliphatic rings. The molecule has 0 saturated carbocycles. The number of aryl methyl sites for hydroxylation is 2. The van der Waals surface area contributed by atoms with Crippen molar-refractivity contribution in [2.75, 3.05) is 31.1 Å². The van der Waals surface area contributed by atoms with Crippen LogP contribution in [0, 0.1) is 20.8 Å². The second-order valence-corrected chi connectivity index (χ2v) is 10.1. The lowest BCUT2D eigenvalue weighted by Crippen LogP contribution is -2.25. The molecule has 0 aliphatic carbocycles. The number of hydrogen-bond acceptors (Lipinski definition) is 9. The fourth-order valence-corrected chi connectivity index (χ4v) is 4.76. The van der Waals surface area contributed by atoms with E-state index in [9.17, 15) is 13.9 Å². The minimum atomic E-state index is -2.53. The van der Waals surface area contributed by atoms with Crippen LogP contribution in [0.3, 0.4) is 0 Å². The Balaban J connectivity index is 1.76. The van der Waals surface area contributed by atoms with Crippen LogP contribution in [0.5, 0.6) is 5.75 Å². The predicted octanol–water partition coefficient (Wildman–Crippen LogP) is 5.29. The van der Waals surface area contributed by atoms with E-state index in [0.29, 0.717) is 75.9 Å². The summed E-state index contributed by atoms with van der Waals surface area (Å²) in [6, 6.07) is 5.17. The molecule has 40 heavy (non-hydrogen) atoms. The average molecular weight is 575 g/mol. The molecule has 12 heteroatoms. The Morgan fingerprint density at radius 3 is 2.70 bits per heavy atom. The zero-order chi connectivity index (χ0) is 29.0. The van der Waals surface area contributed by atoms with Gasteiger partial charge in [-0.05, 0) is 45.4 Å². The van der Waals surface area contributed by atoms with Crippen LogP contribution in [0.4, 0.5) is 14.6 Å². The predicted molar refractivity (Wildman–Crippen MR) is 151 cm³/mol. The second-order valence-electron chi connectivity index (χ2n) is 9.73. The Morgan fingerprint density at radius 2 is 2.02 bits per heavy atom. The Labute approximate surface area is 236 Å². The van der Waals surface area contributed by atoms with Gasteiger partial charge in [-0.25, -0.2) is 18.7 Å². The lowest BCUT2D eigenvalue weighted by molar-refractivity contribution is 0.0994. The molecular weight excluding hydrogens is 542 g/mol. The molecule has 3 heterocycles. The smallest absolute Gasteiger partial charge is 0.257 e. The number of ether oxygens (including phenoxy) is 1. The van der Waals surface area contributed by atoms with Gasteiger partial charge >= 0.3 is 0 Å². The van der Waals surface area contributed by atoms with Crippen molar-refractivity contribution in [2.45, 2.75) is 53.1 Å². The molecule has 0 radical (unpaired) electrons. The number of aliphatic hydroxyl groups excluding tert-OH is 1. The third-order valence-corrected chi connectivity index (χ3v) is 6.89. The van der Waals surface area contributed by atoms with Crippen molar-refractivity contribution in [2.24, 2.45) is 10.7 Å². The molecule has 1 aromatic carbocycles. The van der Waals surface area contributed by atoms with Crippen molar-refractivity contribution in [3.63, 3.8) is 0 Å². The third-order valence-electron chi connectivity index (χ3n) is 6.56. The van der Waals surface area contributed by atoms with Gasteiger partial charge in [0.1, 0.15) is 23.9 Å². The highest BCUT2D eigenvalue weighted by Gasteiger charge is 2.27. The number of nitrogens with two attached hydrogens (primary N) is 1. The highest BCUT2D eigenvalue weighted by Crippen LogP contribution is 2.38. The molecule has 0 bridgehead atoms. The lowest BCUT2D eigenvalue weighted by atomic mass is 10.0. The summed E-state index contributed by atoms with van der Waals surface area (Å²) in [5, 5.41) is 14.6. The molecule has 0 unspecified atom stereocenters. The zero-order valence-corrected chi connectivity index (χ0v) is 23.7. The van der Waals surface area contributed by atoms with Gasteiger partial charge in [-0.15, -0.1) is 0 Å². The quantitative estimate of drug-likeness (QED) is 0.296. The second kappa shape index (κ2) is 12.7. The summed E-state index contributed by atoms with van der Waals surface area (Å²) in [7, 11) is 0. The van der Waals surface area contributed by atoms with Gasteiger partial charge in [-0.1, -0.05) is 30.1 Å². The average Bonchev–Trinajstić information content (AvgIpc) is 3.44. The van der Waals surface area contributed by atoms with E-state index in [1.165, 1.54) is 6.21 Å². The number of hydrogen-bond donors (Lipinski definition) is 2. The first kappa shape index (κ1) is 29.4. The Kier molecular flexibility index (Phi) is 9.36. The molecule has 214 valence electrons. The van der Waals surface area contributed by atoms with Gasteiger partial charge in [0.2, 0.25) is 0 Å². The molecular formula is C28H33ClF2N6O3. The molecule has 2 aromatic heterocycles. The third kappa shape index (κ3) is 6.59. The molecule has 0 spiro atoms. The number of aliphatic imine (C=N–C) groups is 1. The minimum absolute atomic E-state index is 0.147. The highest BCUT2D eigenvalue weighted by atomic mass is 35.5. The molecule has 4 rings (SSSR count). The van der Waals surface area contributed by atoms with E-state index in [1.807, 2.05) is 32.6 Å². The summed E-state index contributed by atoms with van der Waals surface area (Å²) in [4.78, 5) is 15.5. The SMILES string of the molecule is CCC[C@@H](O)COc1ccc(Cl)c(-c2nc(-c3c(C)noc3C)c(C)c(N3CC(N)=C(C=NCC(F)F)C3)n2)c1. The summed E-state index contributed by atoms with van der Waals surface area (Å²) >= 11 is 6.63. The van der Waals surface area contributed by atoms with Gasteiger partial charge in [0.25, 0.3) is 6.43 Å². The van der Waals surface area contributed by atoms with Crippen molar-refractivity contribution in [1.82, 2.24) is 15.1 Å². The lowest BCUT2D eigenvalue weighted by Gasteiger charge is -2.22. The van der Waals surface area contributed by atoms with Crippen molar-refractivity contribution >= 4 is 23.6 Å². The zero-order valence-electron chi connectivity index (χ0n) is 22.9. The maximum absolute atomic E-state index is 12.6. The van der Waals surface area contributed by atoms with Crippen molar-refractivity contribution in [1.29, 1.82) is 0 Å². The fourth-order valence-electron chi connectivity index (χ4n) is 4.56.